The number of rotatable bonds is 8. The van der Waals surface area contributed by atoms with Crippen LogP contribution in [0.15, 0.2) is 66.3 Å². The van der Waals surface area contributed by atoms with Gasteiger partial charge in [0.2, 0.25) is 0 Å². The Kier molecular flexibility index (Phi) is 7.58. The first-order valence-electron chi connectivity index (χ1n) is 10.2. The molecule has 2 aromatic carbocycles. The van der Waals surface area contributed by atoms with E-state index in [0.29, 0.717) is 27.8 Å². The van der Waals surface area contributed by atoms with Crippen LogP contribution in [0.2, 0.25) is 5.02 Å². The topological polar surface area (TPSA) is 110 Å². The van der Waals surface area contributed by atoms with Crippen molar-refractivity contribution in [2.24, 2.45) is 0 Å². The number of amides is 2. The molecule has 4 rings (SSSR count). The number of pyridine rings is 1. The summed E-state index contributed by atoms with van der Waals surface area (Å²) in [6.07, 6.45) is 2.49. The summed E-state index contributed by atoms with van der Waals surface area (Å²) in [4.78, 5) is 28.4. The second-order valence-electron chi connectivity index (χ2n) is 7.09. The Bertz CT molecular complexity index is 1310. The SMILES string of the molecule is O=C(NCCO)Oc1cncc2c(COc3cccc(NC(=O)c4ccc(Cl)cc4)c3)csc12. The minimum absolute atomic E-state index is 0.102. The number of carbonyl (C=O) groups is 2. The zero-order valence-electron chi connectivity index (χ0n) is 17.8. The van der Waals surface area contributed by atoms with Gasteiger partial charge < -0.3 is 25.2 Å². The average Bonchev–Trinajstić information content (AvgIpc) is 3.26. The Labute approximate surface area is 204 Å². The number of nitrogens with zero attached hydrogens (tertiary/aromatic N) is 1. The molecule has 2 aromatic heterocycles. The van der Waals surface area contributed by atoms with E-state index in [-0.39, 0.29) is 25.7 Å². The van der Waals surface area contributed by atoms with Gasteiger partial charge in [0.25, 0.3) is 5.91 Å². The number of benzene rings is 2. The predicted octanol–water partition coefficient (Wildman–Crippen LogP) is 4.86. The molecule has 3 N–H and O–H groups in total. The van der Waals surface area contributed by atoms with Gasteiger partial charge in [-0.1, -0.05) is 17.7 Å². The maximum Gasteiger partial charge on any atom is 0.412 e. The summed E-state index contributed by atoms with van der Waals surface area (Å²) >= 11 is 7.29. The Morgan fingerprint density at radius 1 is 1.12 bits per heavy atom. The number of carbonyl (C=O) groups excluding carboxylic acids is 2. The molecule has 4 aromatic rings. The molecule has 174 valence electrons. The van der Waals surface area contributed by atoms with Crippen molar-refractivity contribution in [1.29, 1.82) is 0 Å². The molecule has 2 amide bonds. The molecule has 10 heteroatoms. The van der Waals surface area contributed by atoms with Gasteiger partial charge in [0.05, 0.1) is 17.5 Å². The number of halogens is 1. The monoisotopic (exact) mass is 497 g/mol. The summed E-state index contributed by atoms with van der Waals surface area (Å²) in [5.74, 6) is 0.660. The fourth-order valence-corrected chi connectivity index (χ4v) is 4.18. The first-order valence-corrected chi connectivity index (χ1v) is 11.5. The van der Waals surface area contributed by atoms with Crippen LogP contribution in [0.4, 0.5) is 10.5 Å². The number of hydrogen-bond donors (Lipinski definition) is 3. The van der Waals surface area contributed by atoms with Crippen LogP contribution in [0.3, 0.4) is 0 Å². The molecule has 0 unspecified atom stereocenters. The van der Waals surface area contributed by atoms with E-state index >= 15 is 0 Å². The summed E-state index contributed by atoms with van der Waals surface area (Å²) in [5, 5.41) is 17.4. The largest absolute Gasteiger partial charge is 0.489 e. The fraction of sp³-hybridized carbons (Fsp3) is 0.125. The van der Waals surface area contributed by atoms with Crippen molar-refractivity contribution in [1.82, 2.24) is 10.3 Å². The Balaban J connectivity index is 1.42. The molecule has 0 bridgehead atoms. The highest BCUT2D eigenvalue weighted by molar-refractivity contribution is 7.17. The van der Waals surface area contributed by atoms with Crippen molar-refractivity contribution in [3.8, 4) is 11.5 Å². The zero-order valence-corrected chi connectivity index (χ0v) is 19.4. The van der Waals surface area contributed by atoms with E-state index in [4.69, 9.17) is 26.2 Å². The van der Waals surface area contributed by atoms with Crippen molar-refractivity contribution in [3.63, 3.8) is 0 Å². The lowest BCUT2D eigenvalue weighted by Crippen LogP contribution is -2.29. The van der Waals surface area contributed by atoms with Crippen LogP contribution < -0.4 is 20.1 Å². The summed E-state index contributed by atoms with van der Waals surface area (Å²) in [5.41, 5.74) is 1.97. The highest BCUT2D eigenvalue weighted by Gasteiger charge is 2.13. The molecule has 0 atom stereocenters. The zero-order chi connectivity index (χ0) is 23.9. The lowest BCUT2D eigenvalue weighted by atomic mass is 10.2. The van der Waals surface area contributed by atoms with Crippen molar-refractivity contribution < 1.29 is 24.2 Å². The highest BCUT2D eigenvalue weighted by atomic mass is 35.5. The Morgan fingerprint density at radius 3 is 2.74 bits per heavy atom. The first-order chi connectivity index (χ1) is 16.5. The third kappa shape index (κ3) is 5.82. The number of thiophene rings is 1. The van der Waals surface area contributed by atoms with Crippen molar-refractivity contribution in [2.75, 3.05) is 18.5 Å². The quantitative estimate of drug-likeness (QED) is 0.320. The molecule has 8 nitrogen and oxygen atoms in total. The van der Waals surface area contributed by atoms with Gasteiger partial charge in [-0.15, -0.1) is 11.3 Å². The number of aromatic nitrogens is 1. The van der Waals surface area contributed by atoms with Gasteiger partial charge in [-0.3, -0.25) is 9.78 Å². The van der Waals surface area contributed by atoms with E-state index in [1.165, 1.54) is 17.5 Å². The number of ether oxygens (including phenoxy) is 2. The molecule has 0 aliphatic heterocycles. The van der Waals surface area contributed by atoms with E-state index in [0.717, 1.165) is 15.6 Å². The maximum atomic E-state index is 12.4. The molecule has 0 saturated carbocycles. The molecule has 0 radical (unpaired) electrons. The fourth-order valence-electron chi connectivity index (χ4n) is 3.08. The van der Waals surface area contributed by atoms with Crippen LogP contribution >= 0.6 is 22.9 Å². The van der Waals surface area contributed by atoms with Gasteiger partial charge in [0, 0.05) is 46.0 Å². The molecule has 2 heterocycles. The van der Waals surface area contributed by atoms with Gasteiger partial charge in [-0.05, 0) is 41.8 Å². The minimum atomic E-state index is -0.660. The van der Waals surface area contributed by atoms with Gasteiger partial charge in [-0.2, -0.15) is 0 Å². The van der Waals surface area contributed by atoms with Crippen molar-refractivity contribution in [2.45, 2.75) is 6.61 Å². The number of aliphatic hydroxyl groups is 1. The number of fused-ring (bicyclic) bond motifs is 1. The van der Waals surface area contributed by atoms with Gasteiger partial charge in [0.1, 0.15) is 12.4 Å². The molecular formula is C24H20ClN3O5S. The van der Waals surface area contributed by atoms with Crippen LogP contribution in [0, 0.1) is 0 Å². The second kappa shape index (κ2) is 11.0. The lowest BCUT2D eigenvalue weighted by Gasteiger charge is -2.10. The molecule has 0 fully saturated rings. The summed E-state index contributed by atoms with van der Waals surface area (Å²) in [6, 6.07) is 13.7. The second-order valence-corrected chi connectivity index (χ2v) is 8.41. The van der Waals surface area contributed by atoms with E-state index in [9.17, 15) is 9.59 Å². The average molecular weight is 498 g/mol. The molecule has 0 saturated heterocycles. The number of hydrogen-bond acceptors (Lipinski definition) is 7. The van der Waals surface area contributed by atoms with Crippen molar-refractivity contribution in [3.05, 3.63) is 82.5 Å². The lowest BCUT2D eigenvalue weighted by molar-refractivity contribution is 0.102. The number of anilines is 1. The molecule has 0 aliphatic rings. The van der Waals surface area contributed by atoms with Gasteiger partial charge >= 0.3 is 6.09 Å². The van der Waals surface area contributed by atoms with Crippen LogP contribution in [0.1, 0.15) is 15.9 Å². The van der Waals surface area contributed by atoms with Crippen LogP contribution in [0.25, 0.3) is 10.1 Å². The molecule has 34 heavy (non-hydrogen) atoms. The minimum Gasteiger partial charge on any atom is -0.489 e. The van der Waals surface area contributed by atoms with Crippen LogP contribution in [0.5, 0.6) is 11.5 Å². The van der Waals surface area contributed by atoms with Crippen LogP contribution in [-0.4, -0.2) is 35.2 Å². The van der Waals surface area contributed by atoms with Crippen LogP contribution in [-0.2, 0) is 6.61 Å². The highest BCUT2D eigenvalue weighted by Crippen LogP contribution is 2.33. The van der Waals surface area contributed by atoms with E-state index in [2.05, 4.69) is 15.6 Å². The maximum absolute atomic E-state index is 12.4. The summed E-state index contributed by atoms with van der Waals surface area (Å²) < 4.78 is 12.0. The van der Waals surface area contributed by atoms with E-state index in [1.54, 1.807) is 54.7 Å². The third-order valence-corrected chi connectivity index (χ3v) is 6.02. The standard InChI is InChI=1S/C24H20ClN3O5S/c25-17-6-4-15(5-7-17)23(30)28-18-2-1-3-19(10-18)32-13-16-14-34-22-20(16)11-26-12-21(22)33-24(31)27-8-9-29/h1-7,10-12,14,29H,8-9,13H2,(H,27,31)(H,28,30). The van der Waals surface area contributed by atoms with Gasteiger partial charge in [-0.25, -0.2) is 4.79 Å². The molecule has 0 spiro atoms. The number of aliphatic hydroxyl groups excluding tert-OH is 1. The Hall–Kier alpha value is -3.66. The van der Waals surface area contributed by atoms with E-state index < -0.39 is 6.09 Å². The summed E-state index contributed by atoms with van der Waals surface area (Å²) in [6.45, 7) is 0.186. The molecule has 0 aliphatic carbocycles. The third-order valence-electron chi connectivity index (χ3n) is 4.71. The predicted molar refractivity (Wildman–Crippen MR) is 131 cm³/mol. The number of nitrogens with one attached hydrogen (secondary N) is 2. The Morgan fingerprint density at radius 2 is 1.94 bits per heavy atom. The normalized spacial score (nSPS) is 10.6. The first kappa shape index (κ1) is 23.5. The smallest absolute Gasteiger partial charge is 0.412 e. The van der Waals surface area contributed by atoms with E-state index in [1.807, 2.05) is 5.38 Å². The van der Waals surface area contributed by atoms with Crippen molar-refractivity contribution >= 4 is 50.7 Å². The van der Waals surface area contributed by atoms with Gasteiger partial charge in [0.15, 0.2) is 5.75 Å². The molecular weight excluding hydrogens is 478 g/mol. The summed E-state index contributed by atoms with van der Waals surface area (Å²) in [7, 11) is 0.